The van der Waals surface area contributed by atoms with Crippen LogP contribution in [0.2, 0.25) is 0 Å². The molecule has 0 fully saturated rings. The minimum absolute atomic E-state index is 0.00812. The third-order valence-corrected chi connectivity index (χ3v) is 4.26. The number of nitrogens with one attached hydrogen (secondary N) is 1. The van der Waals surface area contributed by atoms with E-state index >= 15 is 0 Å². The molecule has 0 bridgehead atoms. The summed E-state index contributed by atoms with van der Waals surface area (Å²) in [6.07, 6.45) is 0. The maximum atomic E-state index is 11.7. The fourth-order valence-electron chi connectivity index (χ4n) is 1.84. The van der Waals surface area contributed by atoms with Gasteiger partial charge in [-0.2, -0.15) is 0 Å². The molecule has 4 N–H and O–H groups in total. The summed E-state index contributed by atoms with van der Waals surface area (Å²) in [6.45, 7) is 4.41. The number of nitrogens with zero attached hydrogens (tertiary/aromatic N) is 1. The molecule has 1 aromatic rings. The molecule has 0 amide bonds. The van der Waals surface area contributed by atoms with Crippen molar-refractivity contribution in [1.29, 1.82) is 0 Å². The van der Waals surface area contributed by atoms with Crippen LogP contribution in [0.5, 0.6) is 0 Å². The van der Waals surface area contributed by atoms with Crippen LogP contribution in [0.1, 0.15) is 13.8 Å². The average Bonchev–Trinajstić information content (AvgIpc) is 2.36. The molecular formula is C12H21N3O3S. The van der Waals surface area contributed by atoms with Gasteiger partial charge in [0.15, 0.2) is 0 Å². The third kappa shape index (κ3) is 3.59. The Kier molecular flexibility index (Phi) is 5.16. The highest BCUT2D eigenvalue weighted by molar-refractivity contribution is 7.89. The van der Waals surface area contributed by atoms with Crippen LogP contribution in [0.15, 0.2) is 23.1 Å². The number of hydrogen-bond acceptors (Lipinski definition) is 5. The number of sulfonamides is 1. The van der Waals surface area contributed by atoms with Gasteiger partial charge in [0.05, 0.1) is 22.9 Å². The van der Waals surface area contributed by atoms with Crippen LogP contribution in [0.25, 0.3) is 0 Å². The first-order valence-corrected chi connectivity index (χ1v) is 7.52. The lowest BCUT2D eigenvalue weighted by Gasteiger charge is -2.29. The van der Waals surface area contributed by atoms with Crippen LogP contribution >= 0.6 is 0 Å². The average molecular weight is 287 g/mol. The minimum Gasteiger partial charge on any atom is -0.397 e. The van der Waals surface area contributed by atoms with Gasteiger partial charge < -0.3 is 15.7 Å². The van der Waals surface area contributed by atoms with E-state index in [4.69, 9.17) is 10.8 Å². The molecule has 0 aliphatic carbocycles. The van der Waals surface area contributed by atoms with Crippen LogP contribution < -0.4 is 15.4 Å². The summed E-state index contributed by atoms with van der Waals surface area (Å²) < 4.78 is 25.6. The van der Waals surface area contributed by atoms with E-state index in [9.17, 15) is 8.42 Å². The van der Waals surface area contributed by atoms with Gasteiger partial charge in [0.1, 0.15) is 0 Å². The summed E-state index contributed by atoms with van der Waals surface area (Å²) >= 11 is 0. The molecule has 0 aliphatic rings. The Morgan fingerprint density at radius 2 is 2.05 bits per heavy atom. The predicted octanol–water partition coefficient (Wildman–Crippen LogP) is 0.384. The molecule has 108 valence electrons. The highest BCUT2D eigenvalue weighted by atomic mass is 32.2. The summed E-state index contributed by atoms with van der Waals surface area (Å²) in [6, 6.07) is 4.74. The lowest BCUT2D eigenvalue weighted by Crippen LogP contribution is -2.34. The van der Waals surface area contributed by atoms with Gasteiger partial charge in [-0.1, -0.05) is 0 Å². The molecule has 6 nitrogen and oxygen atoms in total. The van der Waals surface area contributed by atoms with Gasteiger partial charge in [-0.3, -0.25) is 0 Å². The zero-order valence-corrected chi connectivity index (χ0v) is 12.2. The Bertz CT molecular complexity index is 529. The van der Waals surface area contributed by atoms with Crippen molar-refractivity contribution < 1.29 is 13.5 Å². The van der Waals surface area contributed by atoms with Crippen molar-refractivity contribution >= 4 is 21.4 Å². The number of anilines is 2. The Morgan fingerprint density at radius 3 is 2.47 bits per heavy atom. The van der Waals surface area contributed by atoms with Gasteiger partial charge in [0.2, 0.25) is 10.0 Å². The molecule has 0 atom stereocenters. The quantitative estimate of drug-likeness (QED) is 0.658. The number of rotatable bonds is 6. The number of benzene rings is 1. The van der Waals surface area contributed by atoms with Gasteiger partial charge in [-0.15, -0.1) is 0 Å². The number of nitrogen functional groups attached to an aromatic ring is 1. The summed E-state index contributed by atoms with van der Waals surface area (Å²) in [4.78, 5) is 2.05. The first-order chi connectivity index (χ1) is 8.83. The first-order valence-electron chi connectivity index (χ1n) is 6.04. The molecule has 0 aliphatic heterocycles. The third-order valence-electron chi connectivity index (χ3n) is 2.85. The Morgan fingerprint density at radius 1 is 1.42 bits per heavy atom. The number of aliphatic hydroxyl groups is 1. The van der Waals surface area contributed by atoms with Crippen molar-refractivity contribution in [1.82, 2.24) is 4.72 Å². The fraction of sp³-hybridized carbons (Fsp3) is 0.500. The number of aliphatic hydroxyl groups excluding tert-OH is 1. The van der Waals surface area contributed by atoms with Crippen LogP contribution in [0.4, 0.5) is 11.4 Å². The van der Waals surface area contributed by atoms with Crippen molar-refractivity contribution in [3.8, 4) is 0 Å². The topological polar surface area (TPSA) is 95.7 Å². The Balaban J connectivity index is 3.19. The van der Waals surface area contributed by atoms with Crippen LogP contribution in [0, 0.1) is 0 Å². The van der Waals surface area contributed by atoms with Gasteiger partial charge in [-0.25, -0.2) is 13.1 Å². The monoisotopic (exact) mass is 287 g/mol. The molecule has 0 saturated heterocycles. The van der Waals surface area contributed by atoms with Gasteiger partial charge in [0.25, 0.3) is 0 Å². The molecule has 0 heterocycles. The lowest BCUT2D eigenvalue weighted by molar-refractivity contribution is 0.299. The summed E-state index contributed by atoms with van der Waals surface area (Å²) in [7, 11) is -2.14. The second-order valence-corrected chi connectivity index (χ2v) is 6.33. The summed E-state index contributed by atoms with van der Waals surface area (Å²) in [5.74, 6) is 0. The maximum absolute atomic E-state index is 11.7. The van der Waals surface area contributed by atoms with E-state index in [0.29, 0.717) is 12.2 Å². The molecule has 0 saturated carbocycles. The number of nitrogens with two attached hydrogens (primary N) is 1. The zero-order chi connectivity index (χ0) is 14.6. The minimum atomic E-state index is -3.49. The molecule has 0 unspecified atom stereocenters. The standard InChI is InChI=1S/C12H21N3O3S/c1-9(2)15(6-7-16)12-5-4-10(8-11(12)13)19(17,18)14-3/h4-5,8-9,14,16H,6-7,13H2,1-3H3. The summed E-state index contributed by atoms with van der Waals surface area (Å²) in [5.41, 5.74) is 7.02. The molecule has 0 spiro atoms. The van der Waals surface area contributed by atoms with Crippen molar-refractivity contribution in [2.75, 3.05) is 30.8 Å². The second kappa shape index (κ2) is 6.23. The molecule has 1 rings (SSSR count). The highest BCUT2D eigenvalue weighted by Crippen LogP contribution is 2.27. The van der Waals surface area contributed by atoms with Gasteiger partial charge in [0, 0.05) is 12.6 Å². The van der Waals surface area contributed by atoms with Crippen molar-refractivity contribution in [2.45, 2.75) is 24.8 Å². The van der Waals surface area contributed by atoms with E-state index in [0.717, 1.165) is 5.69 Å². The van der Waals surface area contributed by atoms with Crippen molar-refractivity contribution in [3.63, 3.8) is 0 Å². The summed E-state index contributed by atoms with van der Waals surface area (Å²) in [5, 5.41) is 9.07. The molecular weight excluding hydrogens is 266 g/mol. The SMILES string of the molecule is CNS(=O)(=O)c1ccc(N(CCO)C(C)C)c(N)c1. The smallest absolute Gasteiger partial charge is 0.240 e. The molecule has 19 heavy (non-hydrogen) atoms. The van der Waals surface area contributed by atoms with Crippen molar-refractivity contribution in [2.24, 2.45) is 0 Å². The first kappa shape index (κ1) is 15.7. The fourth-order valence-corrected chi connectivity index (χ4v) is 2.61. The van der Waals surface area contributed by atoms with Crippen LogP contribution in [-0.2, 0) is 10.0 Å². The van der Waals surface area contributed by atoms with E-state index in [1.165, 1.54) is 19.2 Å². The van der Waals surface area contributed by atoms with Gasteiger partial charge >= 0.3 is 0 Å². The van der Waals surface area contributed by atoms with E-state index in [2.05, 4.69) is 4.72 Å². The maximum Gasteiger partial charge on any atom is 0.240 e. The predicted molar refractivity (Wildman–Crippen MR) is 76.7 cm³/mol. The van der Waals surface area contributed by atoms with Gasteiger partial charge in [-0.05, 0) is 39.1 Å². The molecule has 1 aromatic carbocycles. The van der Waals surface area contributed by atoms with Crippen molar-refractivity contribution in [3.05, 3.63) is 18.2 Å². The molecule has 0 radical (unpaired) electrons. The van der Waals surface area contributed by atoms with E-state index < -0.39 is 10.0 Å². The van der Waals surface area contributed by atoms with Crippen LogP contribution in [-0.4, -0.2) is 39.8 Å². The largest absolute Gasteiger partial charge is 0.397 e. The molecule has 0 aromatic heterocycles. The van der Waals surface area contributed by atoms with E-state index in [1.807, 2.05) is 18.7 Å². The second-order valence-electron chi connectivity index (χ2n) is 4.44. The van der Waals surface area contributed by atoms with E-state index in [-0.39, 0.29) is 17.5 Å². The van der Waals surface area contributed by atoms with E-state index in [1.54, 1.807) is 6.07 Å². The number of hydrogen-bond donors (Lipinski definition) is 3. The zero-order valence-electron chi connectivity index (χ0n) is 11.4. The molecule has 7 heteroatoms. The van der Waals surface area contributed by atoms with Crippen LogP contribution in [0.3, 0.4) is 0 Å². The lowest BCUT2D eigenvalue weighted by atomic mass is 10.2. The Labute approximate surface area is 114 Å². The Hall–Kier alpha value is -1.31. The highest BCUT2D eigenvalue weighted by Gasteiger charge is 2.17. The normalized spacial score (nSPS) is 11.8.